The molecular weight excluding hydrogens is 178 g/mol. The van der Waals surface area contributed by atoms with Gasteiger partial charge in [-0.25, -0.2) is 0 Å². The highest BCUT2D eigenvalue weighted by molar-refractivity contribution is 6.03. The van der Waals surface area contributed by atoms with Crippen LogP contribution in [0.15, 0.2) is 6.20 Å². The molecule has 2 N–H and O–H groups in total. The minimum atomic E-state index is -0.784. The second-order valence-electron chi connectivity index (χ2n) is 3.90. The number of Topliss-reactive ketones (excluding diaryl/α,β-unsaturated/α-hetero) is 1. The first kappa shape index (κ1) is 10.9. The first-order chi connectivity index (χ1) is 6.38. The zero-order chi connectivity index (χ0) is 10.9. The number of hydrogen-bond acceptors (Lipinski definition) is 3. The van der Waals surface area contributed by atoms with Crippen LogP contribution in [0.4, 0.5) is 0 Å². The fraction of sp³-hybridized carbons (Fsp3) is 0.600. The van der Waals surface area contributed by atoms with Crippen molar-refractivity contribution >= 4 is 5.78 Å². The highest BCUT2D eigenvalue weighted by atomic mass is 16.1. The molecule has 78 valence electrons. The van der Waals surface area contributed by atoms with Gasteiger partial charge < -0.3 is 5.73 Å². The van der Waals surface area contributed by atoms with Gasteiger partial charge in [-0.05, 0) is 20.3 Å². The van der Waals surface area contributed by atoms with E-state index in [-0.39, 0.29) is 5.78 Å². The number of aryl methyl sites for hydroxylation is 2. The molecule has 1 heterocycles. The highest BCUT2D eigenvalue weighted by Gasteiger charge is 2.29. The minimum Gasteiger partial charge on any atom is -0.319 e. The van der Waals surface area contributed by atoms with E-state index >= 15 is 0 Å². The minimum absolute atomic E-state index is 0.0365. The maximum Gasteiger partial charge on any atom is 0.185 e. The predicted molar refractivity (Wildman–Crippen MR) is 55.2 cm³/mol. The van der Waals surface area contributed by atoms with Gasteiger partial charge in [0, 0.05) is 13.2 Å². The Morgan fingerprint density at radius 2 is 2.29 bits per heavy atom. The lowest BCUT2D eigenvalue weighted by atomic mass is 9.90. The van der Waals surface area contributed by atoms with Crippen molar-refractivity contribution in [2.24, 2.45) is 12.8 Å². The van der Waals surface area contributed by atoms with Gasteiger partial charge in [-0.2, -0.15) is 5.10 Å². The molecule has 0 saturated carbocycles. The average molecular weight is 195 g/mol. The van der Waals surface area contributed by atoms with E-state index in [1.165, 1.54) is 0 Å². The van der Waals surface area contributed by atoms with Crippen molar-refractivity contribution in [3.05, 3.63) is 17.5 Å². The Labute approximate surface area is 84.1 Å². The maximum absolute atomic E-state index is 12.0. The molecule has 1 aromatic rings. The van der Waals surface area contributed by atoms with Gasteiger partial charge in [0.05, 0.1) is 16.8 Å². The normalized spacial score (nSPS) is 15.2. The molecule has 0 aromatic carbocycles. The van der Waals surface area contributed by atoms with Crippen molar-refractivity contribution in [3.63, 3.8) is 0 Å². The molecule has 14 heavy (non-hydrogen) atoms. The summed E-state index contributed by atoms with van der Waals surface area (Å²) in [5, 5.41) is 4.12. The third-order valence-electron chi connectivity index (χ3n) is 2.51. The Morgan fingerprint density at radius 3 is 2.64 bits per heavy atom. The molecule has 0 saturated heterocycles. The lowest BCUT2D eigenvalue weighted by Gasteiger charge is -2.20. The molecule has 0 bridgehead atoms. The number of nitrogens with two attached hydrogens (primary N) is 1. The molecule has 0 fully saturated rings. The molecule has 0 aliphatic carbocycles. The first-order valence-corrected chi connectivity index (χ1v) is 4.72. The number of ketones is 1. The van der Waals surface area contributed by atoms with Crippen molar-refractivity contribution in [1.82, 2.24) is 9.78 Å². The van der Waals surface area contributed by atoms with Crippen molar-refractivity contribution in [2.75, 3.05) is 0 Å². The molecule has 0 amide bonds. The first-order valence-electron chi connectivity index (χ1n) is 4.72. The molecule has 1 aromatic heterocycles. The van der Waals surface area contributed by atoms with Gasteiger partial charge >= 0.3 is 0 Å². The van der Waals surface area contributed by atoms with E-state index in [0.29, 0.717) is 12.0 Å². The summed E-state index contributed by atoms with van der Waals surface area (Å²) in [5.41, 5.74) is 6.46. The summed E-state index contributed by atoms with van der Waals surface area (Å²) < 4.78 is 1.63. The van der Waals surface area contributed by atoms with Crippen LogP contribution in [0.5, 0.6) is 0 Å². The van der Waals surface area contributed by atoms with E-state index in [1.54, 1.807) is 24.9 Å². The van der Waals surface area contributed by atoms with E-state index in [1.807, 2.05) is 13.8 Å². The smallest absolute Gasteiger partial charge is 0.185 e. The van der Waals surface area contributed by atoms with E-state index in [0.717, 1.165) is 5.69 Å². The molecule has 4 nitrogen and oxygen atoms in total. The van der Waals surface area contributed by atoms with Gasteiger partial charge in [-0.1, -0.05) is 6.92 Å². The van der Waals surface area contributed by atoms with Crippen molar-refractivity contribution in [1.29, 1.82) is 0 Å². The van der Waals surface area contributed by atoms with Crippen LogP contribution in [0.2, 0.25) is 0 Å². The third kappa shape index (κ3) is 1.85. The summed E-state index contributed by atoms with van der Waals surface area (Å²) in [5.74, 6) is -0.0365. The summed E-state index contributed by atoms with van der Waals surface area (Å²) >= 11 is 0. The summed E-state index contributed by atoms with van der Waals surface area (Å²) in [6.45, 7) is 5.48. The van der Waals surface area contributed by atoms with E-state index < -0.39 is 5.54 Å². The number of aromatic nitrogens is 2. The maximum atomic E-state index is 12.0. The van der Waals surface area contributed by atoms with Crippen molar-refractivity contribution in [3.8, 4) is 0 Å². The van der Waals surface area contributed by atoms with Crippen LogP contribution in [0.3, 0.4) is 0 Å². The molecular formula is C10H17N3O. The van der Waals surface area contributed by atoms with Crippen LogP contribution in [0, 0.1) is 6.92 Å². The molecule has 1 atom stereocenters. The Kier molecular flexibility index (Phi) is 2.76. The van der Waals surface area contributed by atoms with Crippen LogP contribution in [-0.4, -0.2) is 21.1 Å². The van der Waals surface area contributed by atoms with Crippen LogP contribution in [0.25, 0.3) is 0 Å². The number of hydrogen-bond donors (Lipinski definition) is 1. The third-order valence-corrected chi connectivity index (χ3v) is 2.51. The van der Waals surface area contributed by atoms with Gasteiger partial charge in [0.2, 0.25) is 0 Å². The number of rotatable bonds is 3. The highest BCUT2D eigenvalue weighted by Crippen LogP contribution is 2.16. The number of nitrogens with zero attached hydrogens (tertiary/aromatic N) is 2. The second-order valence-corrected chi connectivity index (χ2v) is 3.90. The molecule has 1 unspecified atom stereocenters. The standard InChI is InChI=1S/C10H17N3O/c1-5-10(3,11)9(14)8-6-13(4)12-7(8)2/h6H,5,11H2,1-4H3. The largest absolute Gasteiger partial charge is 0.319 e. The van der Waals surface area contributed by atoms with E-state index in [2.05, 4.69) is 5.10 Å². The summed E-state index contributed by atoms with van der Waals surface area (Å²) in [7, 11) is 1.80. The summed E-state index contributed by atoms with van der Waals surface area (Å²) in [6.07, 6.45) is 2.35. The second kappa shape index (κ2) is 3.53. The Hall–Kier alpha value is -1.16. The molecule has 0 aliphatic rings. The topological polar surface area (TPSA) is 60.9 Å². The monoisotopic (exact) mass is 195 g/mol. The van der Waals surface area contributed by atoms with Gasteiger partial charge in [0.15, 0.2) is 5.78 Å². The van der Waals surface area contributed by atoms with Crippen LogP contribution >= 0.6 is 0 Å². The quantitative estimate of drug-likeness (QED) is 0.733. The van der Waals surface area contributed by atoms with Crippen molar-refractivity contribution < 1.29 is 4.79 Å². The fourth-order valence-electron chi connectivity index (χ4n) is 1.29. The molecule has 0 aliphatic heterocycles. The summed E-state index contributed by atoms with van der Waals surface area (Å²) in [4.78, 5) is 12.0. The molecule has 0 radical (unpaired) electrons. The van der Waals surface area contributed by atoms with Crippen LogP contribution < -0.4 is 5.73 Å². The zero-order valence-electron chi connectivity index (χ0n) is 9.16. The molecule has 0 spiro atoms. The van der Waals surface area contributed by atoms with Gasteiger partial charge in [-0.3, -0.25) is 9.48 Å². The van der Waals surface area contributed by atoms with Crippen LogP contribution in [0.1, 0.15) is 36.3 Å². The summed E-state index contributed by atoms with van der Waals surface area (Å²) in [6, 6.07) is 0. The van der Waals surface area contributed by atoms with Gasteiger partial charge in [0.1, 0.15) is 0 Å². The lowest BCUT2D eigenvalue weighted by molar-refractivity contribution is 0.0897. The Morgan fingerprint density at radius 1 is 1.71 bits per heavy atom. The van der Waals surface area contributed by atoms with Crippen molar-refractivity contribution in [2.45, 2.75) is 32.7 Å². The van der Waals surface area contributed by atoms with Crippen LogP contribution in [-0.2, 0) is 7.05 Å². The number of carbonyl (C=O) groups excluding carboxylic acids is 1. The fourth-order valence-corrected chi connectivity index (χ4v) is 1.29. The average Bonchev–Trinajstić information content (AvgIpc) is 2.44. The van der Waals surface area contributed by atoms with Gasteiger partial charge in [-0.15, -0.1) is 0 Å². The van der Waals surface area contributed by atoms with Gasteiger partial charge in [0.25, 0.3) is 0 Å². The zero-order valence-corrected chi connectivity index (χ0v) is 9.16. The molecule has 4 heteroatoms. The Balaban J connectivity index is 3.06. The van der Waals surface area contributed by atoms with E-state index in [9.17, 15) is 4.79 Å². The predicted octanol–water partition coefficient (Wildman–Crippen LogP) is 1.04. The lowest BCUT2D eigenvalue weighted by Crippen LogP contribution is -2.44. The SMILES string of the molecule is CCC(C)(N)C(=O)c1cn(C)nc1C. The number of carbonyl (C=O) groups is 1. The van der Waals surface area contributed by atoms with E-state index in [4.69, 9.17) is 5.73 Å². The Bertz CT molecular complexity index is 352. The molecule has 1 rings (SSSR count).